The Morgan fingerprint density at radius 3 is 2.88 bits per heavy atom. The van der Waals surface area contributed by atoms with Crippen LogP contribution >= 0.6 is 11.8 Å². The molecule has 0 N–H and O–H groups in total. The molecule has 2 heteroatoms. The number of hydrogen-bond donors (Lipinski definition) is 0. The minimum absolute atomic E-state index is 0.295. The third-order valence-electron chi connectivity index (χ3n) is 3.33. The van der Waals surface area contributed by atoms with E-state index in [1.54, 1.807) is 0 Å². The van der Waals surface area contributed by atoms with E-state index in [-0.39, 0.29) is 0 Å². The van der Waals surface area contributed by atoms with Crippen LogP contribution < -0.4 is 0 Å². The van der Waals surface area contributed by atoms with Crippen molar-refractivity contribution in [2.24, 2.45) is 0 Å². The van der Waals surface area contributed by atoms with Gasteiger partial charge in [0.05, 0.1) is 0 Å². The number of benzene rings is 2. The zero-order chi connectivity index (χ0) is 11.8. The predicted molar refractivity (Wildman–Crippen MR) is 73.7 cm³/mol. The third kappa shape index (κ3) is 1.87. The van der Waals surface area contributed by atoms with Crippen LogP contribution in [0.4, 0.5) is 0 Å². The summed E-state index contributed by atoms with van der Waals surface area (Å²) in [5.74, 6) is 1.24. The average Bonchev–Trinajstić information content (AvgIpc) is 2.49. The summed E-state index contributed by atoms with van der Waals surface area (Å²) in [4.78, 5) is 12.1. The van der Waals surface area contributed by atoms with Gasteiger partial charge in [0, 0.05) is 23.0 Å². The van der Waals surface area contributed by atoms with Gasteiger partial charge in [0.1, 0.15) is 0 Å². The Kier molecular flexibility index (Phi) is 2.67. The predicted octanol–water partition coefficient (Wildman–Crippen LogP) is 4.05. The van der Waals surface area contributed by atoms with E-state index in [0.717, 1.165) is 11.3 Å². The van der Waals surface area contributed by atoms with Crippen LogP contribution in [0.3, 0.4) is 0 Å². The van der Waals surface area contributed by atoms with E-state index in [0.29, 0.717) is 17.5 Å². The van der Waals surface area contributed by atoms with Gasteiger partial charge in [-0.3, -0.25) is 4.79 Å². The molecule has 2 aromatic carbocycles. The first-order valence-electron chi connectivity index (χ1n) is 5.91. The highest BCUT2D eigenvalue weighted by Gasteiger charge is 2.21. The number of rotatable bonds is 0. The van der Waals surface area contributed by atoms with E-state index in [4.69, 9.17) is 0 Å². The molecular formula is C15H14OS. The largest absolute Gasteiger partial charge is 0.294 e. The molecule has 2 aromatic rings. The molecule has 0 aliphatic carbocycles. The van der Waals surface area contributed by atoms with Gasteiger partial charge in [0.15, 0.2) is 5.78 Å². The Hall–Kier alpha value is -1.28. The molecule has 1 aliphatic heterocycles. The molecular weight excluding hydrogens is 228 g/mol. The number of ketones is 1. The Morgan fingerprint density at radius 2 is 2.00 bits per heavy atom. The van der Waals surface area contributed by atoms with E-state index >= 15 is 0 Å². The number of Topliss-reactive ketones (excluding diaryl/α,β-unsaturated/α-hetero) is 1. The van der Waals surface area contributed by atoms with Crippen LogP contribution in [-0.4, -0.2) is 11.0 Å². The molecule has 1 atom stereocenters. The molecule has 86 valence electrons. The second-order valence-corrected chi connectivity index (χ2v) is 5.99. The highest BCUT2D eigenvalue weighted by molar-refractivity contribution is 7.99. The molecule has 0 bridgehead atoms. The summed E-state index contributed by atoms with van der Waals surface area (Å²) in [5.41, 5.74) is 2.16. The van der Waals surface area contributed by atoms with Gasteiger partial charge in [-0.05, 0) is 16.3 Å². The van der Waals surface area contributed by atoms with E-state index in [2.05, 4.69) is 25.1 Å². The van der Waals surface area contributed by atoms with Gasteiger partial charge in [0.25, 0.3) is 0 Å². The second-order valence-electron chi connectivity index (χ2n) is 4.56. The van der Waals surface area contributed by atoms with Crippen molar-refractivity contribution in [2.45, 2.75) is 24.3 Å². The fourth-order valence-corrected chi connectivity index (χ4v) is 3.44. The summed E-state index contributed by atoms with van der Waals surface area (Å²) in [7, 11) is 0. The van der Waals surface area contributed by atoms with Crippen molar-refractivity contribution in [1.29, 1.82) is 0 Å². The van der Waals surface area contributed by atoms with Crippen molar-refractivity contribution < 1.29 is 4.79 Å². The molecule has 0 aromatic heterocycles. The molecule has 0 saturated heterocycles. The Morgan fingerprint density at radius 1 is 1.18 bits per heavy atom. The highest BCUT2D eigenvalue weighted by atomic mass is 32.2. The van der Waals surface area contributed by atoms with Crippen LogP contribution in [0.25, 0.3) is 10.8 Å². The maximum atomic E-state index is 12.1. The zero-order valence-electron chi connectivity index (χ0n) is 9.77. The lowest BCUT2D eigenvalue weighted by molar-refractivity contribution is 0.0984. The van der Waals surface area contributed by atoms with Crippen LogP contribution in [0.15, 0.2) is 36.4 Å². The first kappa shape index (κ1) is 10.8. The molecule has 17 heavy (non-hydrogen) atoms. The van der Waals surface area contributed by atoms with Crippen molar-refractivity contribution in [3.63, 3.8) is 0 Å². The second kappa shape index (κ2) is 4.19. The van der Waals surface area contributed by atoms with Gasteiger partial charge >= 0.3 is 0 Å². The Bertz CT molecular complexity index is 588. The maximum Gasteiger partial charge on any atom is 0.164 e. The molecule has 0 amide bonds. The fraction of sp³-hybridized carbons (Fsp3) is 0.267. The molecule has 1 nitrogen and oxygen atoms in total. The summed E-state index contributed by atoms with van der Waals surface area (Å²) >= 11 is 1.88. The summed E-state index contributed by atoms with van der Waals surface area (Å²) < 4.78 is 0. The van der Waals surface area contributed by atoms with Crippen molar-refractivity contribution in [3.8, 4) is 0 Å². The summed E-state index contributed by atoms with van der Waals surface area (Å²) in [6.45, 7) is 2.14. The smallest absolute Gasteiger partial charge is 0.164 e. The van der Waals surface area contributed by atoms with Gasteiger partial charge in [-0.1, -0.05) is 43.3 Å². The number of thioether (sulfide) groups is 1. The minimum atomic E-state index is 0.295. The van der Waals surface area contributed by atoms with Gasteiger partial charge in [-0.15, -0.1) is 0 Å². The summed E-state index contributed by atoms with van der Waals surface area (Å²) in [6, 6.07) is 12.4. The third-order valence-corrected chi connectivity index (χ3v) is 4.52. The topological polar surface area (TPSA) is 17.1 Å². The maximum absolute atomic E-state index is 12.1. The molecule has 1 heterocycles. The lowest BCUT2D eigenvalue weighted by atomic mass is 9.96. The molecule has 1 unspecified atom stereocenters. The molecule has 3 rings (SSSR count). The molecule has 0 spiro atoms. The van der Waals surface area contributed by atoms with Gasteiger partial charge < -0.3 is 0 Å². The first-order chi connectivity index (χ1) is 8.25. The monoisotopic (exact) mass is 242 g/mol. The zero-order valence-corrected chi connectivity index (χ0v) is 10.6. The lowest BCUT2D eigenvalue weighted by Gasteiger charge is -2.08. The highest BCUT2D eigenvalue weighted by Crippen LogP contribution is 2.33. The molecule has 0 radical (unpaired) electrons. The Balaban J connectivity index is 2.26. The summed E-state index contributed by atoms with van der Waals surface area (Å²) in [6.07, 6.45) is 0.663. The number of hydrogen-bond acceptors (Lipinski definition) is 2. The average molecular weight is 242 g/mol. The number of carbonyl (C=O) groups is 1. The van der Waals surface area contributed by atoms with Crippen LogP contribution in [0, 0.1) is 0 Å². The van der Waals surface area contributed by atoms with Crippen molar-refractivity contribution in [1.82, 2.24) is 0 Å². The van der Waals surface area contributed by atoms with Crippen molar-refractivity contribution in [2.75, 3.05) is 0 Å². The normalized spacial score (nSPS) is 20.1. The number of carbonyl (C=O) groups excluding carboxylic acids is 1. The standard InChI is InChI=1S/C15H14OS/c1-10-8-15(16)13-7-6-11-4-2-3-5-12(11)14(13)9-17-10/h2-7,10H,8-9H2,1H3. The van der Waals surface area contributed by atoms with Gasteiger partial charge in [-0.2, -0.15) is 11.8 Å². The minimum Gasteiger partial charge on any atom is -0.294 e. The quantitative estimate of drug-likeness (QED) is 0.693. The summed E-state index contributed by atoms with van der Waals surface area (Å²) in [5, 5.41) is 2.89. The van der Waals surface area contributed by atoms with Gasteiger partial charge in [-0.25, -0.2) is 0 Å². The molecule has 0 fully saturated rings. The lowest BCUT2D eigenvalue weighted by Crippen LogP contribution is -2.05. The van der Waals surface area contributed by atoms with Crippen LogP contribution in [-0.2, 0) is 5.75 Å². The van der Waals surface area contributed by atoms with E-state index in [1.807, 2.05) is 30.0 Å². The SMILES string of the molecule is CC1CC(=O)c2ccc3ccccc3c2CS1. The van der Waals surface area contributed by atoms with Crippen molar-refractivity contribution in [3.05, 3.63) is 47.5 Å². The van der Waals surface area contributed by atoms with Gasteiger partial charge in [0.2, 0.25) is 0 Å². The van der Waals surface area contributed by atoms with E-state index in [9.17, 15) is 4.79 Å². The Labute approximate surface area is 105 Å². The van der Waals surface area contributed by atoms with E-state index in [1.165, 1.54) is 16.3 Å². The first-order valence-corrected chi connectivity index (χ1v) is 6.96. The molecule has 1 aliphatic rings. The van der Waals surface area contributed by atoms with E-state index < -0.39 is 0 Å². The number of fused-ring (bicyclic) bond motifs is 3. The van der Waals surface area contributed by atoms with Crippen LogP contribution in [0.1, 0.15) is 29.3 Å². The van der Waals surface area contributed by atoms with Crippen LogP contribution in [0.2, 0.25) is 0 Å². The fourth-order valence-electron chi connectivity index (χ4n) is 2.41. The molecule has 0 saturated carbocycles. The van der Waals surface area contributed by atoms with Crippen LogP contribution in [0.5, 0.6) is 0 Å². The van der Waals surface area contributed by atoms with Crippen molar-refractivity contribution >= 4 is 28.3 Å².